The zero-order valence-electron chi connectivity index (χ0n) is 14.2. The number of Topliss-reactive ketones (excluding diaryl/α,β-unsaturated/α-hetero) is 1. The van der Waals surface area contributed by atoms with Crippen molar-refractivity contribution in [2.75, 3.05) is 6.54 Å². The fourth-order valence-corrected chi connectivity index (χ4v) is 3.21. The van der Waals surface area contributed by atoms with Crippen molar-refractivity contribution in [3.05, 3.63) is 77.0 Å². The quantitative estimate of drug-likeness (QED) is 0.161. The largest absolute Gasteiger partial charge is 0.758 e. The number of carbonyl (C=O) groups is 1. The summed E-state index contributed by atoms with van der Waals surface area (Å²) in [5.41, 5.74) is 1.84. The van der Waals surface area contributed by atoms with Crippen LogP contribution >= 0.6 is 15.9 Å². The first-order valence-corrected chi connectivity index (χ1v) is 9.38. The molecule has 0 radical (unpaired) electrons. The van der Waals surface area contributed by atoms with Crippen molar-refractivity contribution >= 4 is 39.4 Å². The van der Waals surface area contributed by atoms with Crippen LogP contribution in [0.2, 0.25) is 0 Å². The number of halogens is 1. The fraction of sp³-hybridized carbons (Fsp3) is 0.250. The molecule has 0 saturated carbocycles. The van der Waals surface area contributed by atoms with Crippen LogP contribution in [0.3, 0.4) is 0 Å². The Morgan fingerprint density at radius 3 is 2.68 bits per heavy atom. The van der Waals surface area contributed by atoms with Crippen LogP contribution in [0.1, 0.15) is 35.3 Å². The highest BCUT2D eigenvalue weighted by molar-refractivity contribution is 9.10. The van der Waals surface area contributed by atoms with Gasteiger partial charge >= 0.3 is 0 Å². The van der Waals surface area contributed by atoms with Crippen LogP contribution in [-0.2, 0) is 19.0 Å². The highest BCUT2D eigenvalue weighted by atomic mass is 79.9. The van der Waals surface area contributed by atoms with Gasteiger partial charge in [0.25, 0.3) is 0 Å². The molecule has 25 heavy (non-hydrogen) atoms. The Bertz CT molecular complexity index is 772. The van der Waals surface area contributed by atoms with Gasteiger partial charge in [-0.25, -0.2) is 0 Å². The van der Waals surface area contributed by atoms with Gasteiger partial charge in [0.05, 0.1) is 6.54 Å². The Labute approximate surface area is 163 Å². The Kier molecular flexibility index (Phi) is 7.47. The van der Waals surface area contributed by atoms with E-state index in [0.717, 1.165) is 17.3 Å². The molecule has 1 aromatic carbocycles. The molecule has 1 atom stereocenters. The Morgan fingerprint density at radius 2 is 2.08 bits per heavy atom. The van der Waals surface area contributed by atoms with Gasteiger partial charge in [-0.3, -0.25) is 4.79 Å². The number of aliphatic imine (C=N–C) groups is 1. The smallest absolute Gasteiger partial charge is 0.237 e. The van der Waals surface area contributed by atoms with Crippen LogP contribution in [0.5, 0.6) is 0 Å². The van der Waals surface area contributed by atoms with E-state index in [9.17, 15) is 4.79 Å². The Hall–Kier alpha value is -1.85. The number of hydrogen-bond donors (Lipinski definition) is 0. The van der Waals surface area contributed by atoms with Crippen molar-refractivity contribution in [3.63, 3.8) is 0 Å². The molecule has 130 valence electrons. The zero-order chi connectivity index (χ0) is 18.2. The lowest BCUT2D eigenvalue weighted by molar-refractivity contribution is -0.692. The second kappa shape index (κ2) is 9.59. The standard InChI is InChI=1S/C20H21BrN2OS/c1-3-6-15-9-12-23(13-10-15)18(20(25)22-11-4-2)19(24)16-7-5-8-17(21)14-16/h4-5,7-10,12-14,18H,2-3,6,11H2,1H3/t18-/m1/s1. The summed E-state index contributed by atoms with van der Waals surface area (Å²) in [5, 5.41) is 0.359. The van der Waals surface area contributed by atoms with E-state index in [4.69, 9.17) is 12.6 Å². The molecule has 1 aromatic heterocycles. The molecule has 2 aromatic rings. The molecular weight excluding hydrogens is 396 g/mol. The second-order valence-electron chi connectivity index (χ2n) is 5.65. The van der Waals surface area contributed by atoms with Crippen LogP contribution in [0.15, 0.2) is 70.9 Å². The Morgan fingerprint density at radius 1 is 1.36 bits per heavy atom. The number of hydrogen-bond acceptors (Lipinski definition) is 3. The van der Waals surface area contributed by atoms with E-state index < -0.39 is 6.04 Å². The molecule has 1 heterocycles. The number of nitrogens with zero attached hydrogens (tertiary/aromatic N) is 2. The van der Waals surface area contributed by atoms with Crippen LogP contribution in [-0.4, -0.2) is 17.4 Å². The van der Waals surface area contributed by atoms with E-state index >= 15 is 0 Å². The van der Waals surface area contributed by atoms with Gasteiger partial charge in [-0.05, 0) is 29.2 Å². The summed E-state index contributed by atoms with van der Waals surface area (Å²) in [6.45, 7) is 6.20. The lowest BCUT2D eigenvalue weighted by atomic mass is 10.0. The number of carbonyl (C=O) groups excluding carboxylic acids is 1. The minimum absolute atomic E-state index is 0.0765. The van der Waals surface area contributed by atoms with Gasteiger partial charge in [-0.1, -0.05) is 47.5 Å². The molecule has 3 nitrogen and oxygen atoms in total. The molecule has 0 saturated heterocycles. The maximum Gasteiger partial charge on any atom is 0.237 e. The SMILES string of the molecule is C=CCN=C([S-])[C@@H](C(=O)c1cccc(Br)c1)[n+]1ccc(CCC)cc1. The molecule has 0 fully saturated rings. The molecule has 0 aliphatic heterocycles. The molecular formula is C20H21BrN2OS. The minimum Gasteiger partial charge on any atom is -0.758 e. The van der Waals surface area contributed by atoms with Crippen LogP contribution in [0, 0.1) is 0 Å². The average Bonchev–Trinajstić information content (AvgIpc) is 2.61. The van der Waals surface area contributed by atoms with Crippen LogP contribution in [0.25, 0.3) is 0 Å². The van der Waals surface area contributed by atoms with Crippen LogP contribution < -0.4 is 4.57 Å². The van der Waals surface area contributed by atoms with Crippen molar-refractivity contribution < 1.29 is 9.36 Å². The second-order valence-corrected chi connectivity index (χ2v) is 6.98. The summed E-state index contributed by atoms with van der Waals surface area (Å²) in [6.07, 6.45) is 7.57. The molecule has 0 N–H and O–H groups in total. The van der Waals surface area contributed by atoms with Gasteiger partial charge < -0.3 is 17.6 Å². The predicted molar refractivity (Wildman–Crippen MR) is 108 cm³/mol. The first-order chi connectivity index (χ1) is 12.1. The van der Waals surface area contributed by atoms with E-state index in [-0.39, 0.29) is 5.78 Å². The lowest BCUT2D eigenvalue weighted by Crippen LogP contribution is -2.47. The van der Waals surface area contributed by atoms with Gasteiger partial charge in [-0.15, -0.1) is 6.58 Å². The fourth-order valence-electron chi connectivity index (χ4n) is 2.51. The van der Waals surface area contributed by atoms with Crippen molar-refractivity contribution in [3.8, 4) is 0 Å². The third-order valence-corrected chi connectivity index (χ3v) is 4.57. The molecule has 2 rings (SSSR count). The molecule has 0 aliphatic carbocycles. The summed E-state index contributed by atoms with van der Waals surface area (Å²) in [6, 6.07) is 10.7. The third kappa shape index (κ3) is 5.31. The summed E-state index contributed by atoms with van der Waals surface area (Å²) in [4.78, 5) is 17.4. The lowest BCUT2D eigenvalue weighted by Gasteiger charge is -2.18. The molecule has 0 bridgehead atoms. The number of ketones is 1. The normalized spacial score (nSPS) is 12.6. The highest BCUT2D eigenvalue weighted by Gasteiger charge is 2.28. The van der Waals surface area contributed by atoms with E-state index in [0.29, 0.717) is 17.2 Å². The van der Waals surface area contributed by atoms with Crippen molar-refractivity contribution in [2.45, 2.75) is 25.8 Å². The number of rotatable bonds is 8. The molecule has 0 spiro atoms. The zero-order valence-corrected chi connectivity index (χ0v) is 16.6. The van der Waals surface area contributed by atoms with Gasteiger partial charge in [-0.2, -0.15) is 4.57 Å². The molecule has 0 amide bonds. The number of aromatic nitrogens is 1. The van der Waals surface area contributed by atoms with Crippen LogP contribution in [0.4, 0.5) is 0 Å². The van der Waals surface area contributed by atoms with Crippen molar-refractivity contribution in [1.29, 1.82) is 0 Å². The first-order valence-electron chi connectivity index (χ1n) is 8.18. The highest BCUT2D eigenvalue weighted by Crippen LogP contribution is 2.17. The number of aryl methyl sites for hydroxylation is 1. The third-order valence-electron chi connectivity index (χ3n) is 3.73. The summed E-state index contributed by atoms with van der Waals surface area (Å²) in [7, 11) is 0. The van der Waals surface area contributed by atoms with Crippen molar-refractivity contribution in [2.24, 2.45) is 4.99 Å². The average molecular weight is 417 g/mol. The van der Waals surface area contributed by atoms with Gasteiger partial charge in [0.2, 0.25) is 11.8 Å². The van der Waals surface area contributed by atoms with E-state index in [2.05, 4.69) is 34.4 Å². The maximum absolute atomic E-state index is 13.1. The predicted octanol–water partition coefficient (Wildman–Crippen LogP) is 4.24. The topological polar surface area (TPSA) is 33.3 Å². The van der Waals surface area contributed by atoms with E-state index in [1.807, 2.05) is 41.2 Å². The van der Waals surface area contributed by atoms with Crippen molar-refractivity contribution in [1.82, 2.24) is 0 Å². The summed E-state index contributed by atoms with van der Waals surface area (Å²) >= 11 is 8.86. The van der Waals surface area contributed by atoms with E-state index in [1.54, 1.807) is 18.2 Å². The minimum atomic E-state index is -0.639. The Balaban J connectivity index is 2.42. The van der Waals surface area contributed by atoms with Gasteiger partial charge in [0, 0.05) is 22.2 Å². The number of benzene rings is 1. The maximum atomic E-state index is 13.1. The van der Waals surface area contributed by atoms with Gasteiger partial charge in [0.1, 0.15) is 0 Å². The number of pyridine rings is 1. The first kappa shape index (κ1) is 19.5. The monoisotopic (exact) mass is 416 g/mol. The molecule has 0 unspecified atom stereocenters. The van der Waals surface area contributed by atoms with E-state index in [1.165, 1.54) is 5.56 Å². The van der Waals surface area contributed by atoms with Gasteiger partial charge in [0.15, 0.2) is 12.4 Å². The molecule has 0 aliphatic rings. The summed E-state index contributed by atoms with van der Waals surface area (Å²) in [5.74, 6) is -0.0765. The molecule has 5 heteroatoms. The summed E-state index contributed by atoms with van der Waals surface area (Å²) < 4.78 is 2.69.